The zero-order valence-corrected chi connectivity index (χ0v) is 13.4. The van der Waals surface area contributed by atoms with Gasteiger partial charge in [0.2, 0.25) is 0 Å². The molecule has 4 N–H and O–H groups in total. The second-order valence-electron chi connectivity index (χ2n) is 6.60. The number of nitrogens with two attached hydrogens (primary N) is 1. The normalized spacial score (nSPS) is 18.9. The van der Waals surface area contributed by atoms with E-state index in [0.717, 1.165) is 30.6 Å². The molecule has 1 aliphatic heterocycles. The molecule has 1 aromatic carbocycles. The molecule has 118 valence electrons. The molecule has 1 aromatic rings. The van der Waals surface area contributed by atoms with Crippen molar-refractivity contribution in [1.29, 1.82) is 0 Å². The van der Waals surface area contributed by atoms with Crippen molar-refractivity contribution in [1.82, 2.24) is 5.32 Å². The summed E-state index contributed by atoms with van der Waals surface area (Å²) < 4.78 is 6.14. The minimum atomic E-state index is -0.139. The molecule has 0 aliphatic carbocycles. The monoisotopic (exact) mass is 292 g/mol. The lowest BCUT2D eigenvalue weighted by Crippen LogP contribution is -2.35. The molecule has 1 heterocycles. The third-order valence-electron chi connectivity index (χ3n) is 4.01. The van der Waals surface area contributed by atoms with Gasteiger partial charge in [0, 0.05) is 37.2 Å². The summed E-state index contributed by atoms with van der Waals surface area (Å²) in [4.78, 5) is 0. The highest BCUT2D eigenvalue weighted by atomic mass is 16.5. The molecule has 21 heavy (non-hydrogen) atoms. The molecule has 0 spiro atoms. The summed E-state index contributed by atoms with van der Waals surface area (Å²) in [6, 6.07) is 6.72. The summed E-state index contributed by atoms with van der Waals surface area (Å²) in [7, 11) is 0. The Hall–Kier alpha value is -1.10. The molecule has 0 radical (unpaired) electrons. The van der Waals surface area contributed by atoms with Crippen molar-refractivity contribution in [2.75, 3.05) is 13.2 Å². The van der Waals surface area contributed by atoms with Crippen LogP contribution in [0.1, 0.15) is 50.8 Å². The van der Waals surface area contributed by atoms with Gasteiger partial charge in [-0.25, -0.2) is 0 Å². The van der Waals surface area contributed by atoms with Crippen molar-refractivity contribution in [3.05, 3.63) is 29.3 Å². The molecular formula is C17H28N2O2. The smallest absolute Gasteiger partial charge is 0.128 e. The first-order valence-corrected chi connectivity index (χ1v) is 7.84. The molecule has 0 saturated carbocycles. The molecule has 0 aromatic heterocycles. The average Bonchev–Trinajstić information content (AvgIpc) is 2.76. The first-order chi connectivity index (χ1) is 9.96. The molecule has 4 nitrogen and oxygen atoms in total. The van der Waals surface area contributed by atoms with Crippen molar-refractivity contribution in [3.8, 4) is 5.75 Å². The SMILES string of the molecule is CC(CCCO)NC(CN)c1cccc2c1OC(C)(C)C2. The van der Waals surface area contributed by atoms with E-state index in [2.05, 4.69) is 44.3 Å². The number of benzene rings is 1. The van der Waals surface area contributed by atoms with E-state index in [1.807, 2.05) is 0 Å². The second kappa shape index (κ2) is 6.77. The van der Waals surface area contributed by atoms with Crippen molar-refractivity contribution < 1.29 is 9.84 Å². The summed E-state index contributed by atoms with van der Waals surface area (Å²) in [6.07, 6.45) is 2.68. The third kappa shape index (κ3) is 3.96. The van der Waals surface area contributed by atoms with Crippen LogP contribution in [-0.4, -0.2) is 29.9 Å². The van der Waals surface area contributed by atoms with Gasteiger partial charge in [-0.05, 0) is 39.2 Å². The van der Waals surface area contributed by atoms with Crippen LogP contribution in [0.5, 0.6) is 5.75 Å². The Labute approximate surface area is 127 Å². The summed E-state index contributed by atoms with van der Waals surface area (Å²) in [6.45, 7) is 7.13. The molecule has 4 heteroatoms. The van der Waals surface area contributed by atoms with Crippen LogP contribution in [-0.2, 0) is 6.42 Å². The lowest BCUT2D eigenvalue weighted by Gasteiger charge is -2.25. The van der Waals surface area contributed by atoms with E-state index >= 15 is 0 Å². The predicted molar refractivity (Wildman–Crippen MR) is 85.6 cm³/mol. The molecule has 2 unspecified atom stereocenters. The lowest BCUT2D eigenvalue weighted by molar-refractivity contribution is 0.136. The number of nitrogens with one attached hydrogen (secondary N) is 1. The van der Waals surface area contributed by atoms with Crippen molar-refractivity contribution in [2.45, 2.75) is 57.7 Å². The van der Waals surface area contributed by atoms with Gasteiger partial charge in [-0.1, -0.05) is 18.2 Å². The maximum Gasteiger partial charge on any atom is 0.128 e. The predicted octanol–water partition coefficient (Wildman–Crippen LogP) is 2.15. The van der Waals surface area contributed by atoms with Gasteiger partial charge in [0.1, 0.15) is 11.4 Å². The van der Waals surface area contributed by atoms with Gasteiger partial charge in [-0.3, -0.25) is 0 Å². The Balaban J connectivity index is 2.15. The third-order valence-corrected chi connectivity index (χ3v) is 4.01. The minimum absolute atomic E-state index is 0.0857. The number of aliphatic hydroxyl groups is 1. The standard InChI is InChI=1S/C17H28N2O2/c1-12(6-5-9-20)19-15(11-18)14-8-4-7-13-10-17(2,3)21-16(13)14/h4,7-8,12,15,19-20H,5-6,9-11,18H2,1-3H3. The van der Waals surface area contributed by atoms with Gasteiger partial charge < -0.3 is 20.9 Å². The lowest BCUT2D eigenvalue weighted by atomic mass is 9.97. The molecule has 0 fully saturated rings. The van der Waals surface area contributed by atoms with Crippen LogP contribution in [0.25, 0.3) is 0 Å². The van der Waals surface area contributed by atoms with Crippen LogP contribution >= 0.6 is 0 Å². The van der Waals surface area contributed by atoms with Gasteiger partial charge in [-0.2, -0.15) is 0 Å². The first-order valence-electron chi connectivity index (χ1n) is 7.84. The minimum Gasteiger partial charge on any atom is -0.487 e. The topological polar surface area (TPSA) is 67.5 Å². The van der Waals surface area contributed by atoms with Crippen LogP contribution in [0.2, 0.25) is 0 Å². The van der Waals surface area contributed by atoms with Gasteiger partial charge in [0.05, 0.1) is 0 Å². The highest BCUT2D eigenvalue weighted by molar-refractivity contribution is 5.47. The van der Waals surface area contributed by atoms with E-state index in [0.29, 0.717) is 12.6 Å². The highest BCUT2D eigenvalue weighted by Crippen LogP contribution is 2.39. The number of hydrogen-bond donors (Lipinski definition) is 3. The zero-order chi connectivity index (χ0) is 15.5. The van der Waals surface area contributed by atoms with Crippen molar-refractivity contribution >= 4 is 0 Å². The largest absolute Gasteiger partial charge is 0.487 e. The fraction of sp³-hybridized carbons (Fsp3) is 0.647. The summed E-state index contributed by atoms with van der Waals surface area (Å²) >= 11 is 0. The number of fused-ring (bicyclic) bond motifs is 1. The number of ether oxygens (including phenoxy) is 1. The molecule has 0 saturated heterocycles. The molecule has 1 aliphatic rings. The van der Waals surface area contributed by atoms with Gasteiger partial charge >= 0.3 is 0 Å². The van der Waals surface area contributed by atoms with E-state index in [4.69, 9.17) is 15.6 Å². The van der Waals surface area contributed by atoms with E-state index in [1.54, 1.807) is 0 Å². The number of rotatable bonds is 7. The fourth-order valence-electron chi connectivity index (χ4n) is 3.02. The Morgan fingerprint density at radius 1 is 1.43 bits per heavy atom. The van der Waals surface area contributed by atoms with E-state index in [1.165, 1.54) is 5.56 Å². The van der Waals surface area contributed by atoms with E-state index in [9.17, 15) is 0 Å². The summed E-state index contributed by atoms with van der Waals surface area (Å²) in [5.41, 5.74) is 8.25. The van der Waals surface area contributed by atoms with Crippen molar-refractivity contribution in [3.63, 3.8) is 0 Å². The number of para-hydroxylation sites is 1. The Morgan fingerprint density at radius 3 is 2.86 bits per heavy atom. The van der Waals surface area contributed by atoms with Crippen LogP contribution in [0.4, 0.5) is 0 Å². The Kier molecular flexibility index (Phi) is 5.25. The highest BCUT2D eigenvalue weighted by Gasteiger charge is 2.33. The van der Waals surface area contributed by atoms with E-state index < -0.39 is 0 Å². The zero-order valence-electron chi connectivity index (χ0n) is 13.4. The summed E-state index contributed by atoms with van der Waals surface area (Å²) in [5, 5.41) is 12.5. The van der Waals surface area contributed by atoms with E-state index in [-0.39, 0.29) is 18.2 Å². The van der Waals surface area contributed by atoms with Crippen LogP contribution < -0.4 is 15.8 Å². The number of hydrogen-bond acceptors (Lipinski definition) is 4. The fourth-order valence-corrected chi connectivity index (χ4v) is 3.02. The Morgan fingerprint density at radius 2 is 2.19 bits per heavy atom. The molecule has 2 atom stereocenters. The number of aliphatic hydroxyl groups excluding tert-OH is 1. The Bertz CT molecular complexity index is 474. The maximum atomic E-state index is 8.94. The quantitative estimate of drug-likeness (QED) is 0.720. The second-order valence-corrected chi connectivity index (χ2v) is 6.60. The maximum absolute atomic E-state index is 8.94. The van der Waals surface area contributed by atoms with Crippen LogP contribution in [0.3, 0.4) is 0 Å². The molecule has 2 rings (SSSR count). The van der Waals surface area contributed by atoms with Gasteiger partial charge in [-0.15, -0.1) is 0 Å². The van der Waals surface area contributed by atoms with Crippen molar-refractivity contribution in [2.24, 2.45) is 5.73 Å². The summed E-state index contributed by atoms with van der Waals surface area (Å²) in [5.74, 6) is 1.000. The average molecular weight is 292 g/mol. The molecule has 0 amide bonds. The van der Waals surface area contributed by atoms with Gasteiger partial charge in [0.15, 0.2) is 0 Å². The van der Waals surface area contributed by atoms with Crippen LogP contribution in [0.15, 0.2) is 18.2 Å². The molecule has 0 bridgehead atoms. The van der Waals surface area contributed by atoms with Crippen LogP contribution in [0, 0.1) is 0 Å². The first kappa shape index (κ1) is 16.3. The van der Waals surface area contributed by atoms with Gasteiger partial charge in [0.25, 0.3) is 0 Å². The molecular weight excluding hydrogens is 264 g/mol.